The van der Waals surface area contributed by atoms with Crippen molar-refractivity contribution in [3.63, 3.8) is 0 Å². The second kappa shape index (κ2) is 4.49. The molecule has 0 aliphatic carbocycles. The van der Waals surface area contributed by atoms with Gasteiger partial charge in [-0.25, -0.2) is 0 Å². The maximum Gasteiger partial charge on any atom is 0.310 e. The molecule has 1 unspecified atom stereocenters. The zero-order valence-electron chi connectivity index (χ0n) is 8.85. The summed E-state index contributed by atoms with van der Waals surface area (Å²) < 4.78 is 0. The van der Waals surface area contributed by atoms with E-state index in [4.69, 9.17) is 0 Å². The fraction of sp³-hybridized carbons (Fsp3) is 0.455. The summed E-state index contributed by atoms with van der Waals surface area (Å²) >= 11 is 0. The number of nitrogens with one attached hydrogen (secondary N) is 1. The van der Waals surface area contributed by atoms with Gasteiger partial charge < -0.3 is 10.4 Å². The molecule has 0 amide bonds. The summed E-state index contributed by atoms with van der Waals surface area (Å²) in [5.74, 6) is 0.328. The summed E-state index contributed by atoms with van der Waals surface area (Å²) in [4.78, 5) is 9.94. The number of phenols is 1. The molecule has 0 bridgehead atoms. The molecule has 1 fully saturated rings. The molecule has 1 aliphatic rings. The number of nitro benzene ring substituents is 1. The van der Waals surface area contributed by atoms with E-state index in [0.717, 1.165) is 31.5 Å². The highest BCUT2D eigenvalue weighted by Gasteiger charge is 2.17. The maximum absolute atomic E-state index is 10.5. The number of hydrogen-bond acceptors (Lipinski definition) is 4. The summed E-state index contributed by atoms with van der Waals surface area (Å²) in [5.41, 5.74) is 0.727. The molecule has 0 saturated carbocycles. The van der Waals surface area contributed by atoms with Crippen molar-refractivity contribution in [2.24, 2.45) is 5.92 Å². The Kier molecular flexibility index (Phi) is 3.05. The molecule has 5 heteroatoms. The molecule has 5 nitrogen and oxygen atoms in total. The SMILES string of the molecule is O=[N+]([O-])c1ccc(CC2CCNC2)cc1O. The normalized spacial score (nSPS) is 19.9. The van der Waals surface area contributed by atoms with Crippen LogP contribution in [0.5, 0.6) is 5.75 Å². The third-order valence-corrected chi connectivity index (χ3v) is 2.92. The first-order valence-electron chi connectivity index (χ1n) is 5.34. The summed E-state index contributed by atoms with van der Waals surface area (Å²) in [6.07, 6.45) is 1.98. The lowest BCUT2D eigenvalue weighted by Gasteiger charge is -2.08. The first-order valence-corrected chi connectivity index (χ1v) is 5.34. The Hall–Kier alpha value is -1.62. The standard InChI is InChI=1S/C11H14N2O3/c14-11-6-8(1-2-10(11)13(15)16)5-9-3-4-12-7-9/h1-2,6,9,12,14H,3-5,7H2. The molecule has 2 N–H and O–H groups in total. The number of phenolic OH excluding ortho intramolecular Hbond substituents is 1. The smallest absolute Gasteiger partial charge is 0.310 e. The van der Waals surface area contributed by atoms with Gasteiger partial charge in [-0.3, -0.25) is 10.1 Å². The average Bonchev–Trinajstić information content (AvgIpc) is 2.70. The van der Waals surface area contributed by atoms with Crippen molar-refractivity contribution < 1.29 is 10.0 Å². The van der Waals surface area contributed by atoms with Gasteiger partial charge in [-0.1, -0.05) is 6.07 Å². The number of hydrogen-bond donors (Lipinski definition) is 2. The molecule has 1 saturated heterocycles. The Labute approximate surface area is 93.2 Å². The van der Waals surface area contributed by atoms with Crippen molar-refractivity contribution in [3.05, 3.63) is 33.9 Å². The van der Waals surface area contributed by atoms with Crippen LogP contribution in [0.15, 0.2) is 18.2 Å². The van der Waals surface area contributed by atoms with E-state index in [2.05, 4.69) is 5.32 Å². The van der Waals surface area contributed by atoms with E-state index < -0.39 is 4.92 Å². The van der Waals surface area contributed by atoms with Gasteiger partial charge in [-0.2, -0.15) is 0 Å². The van der Waals surface area contributed by atoms with Crippen LogP contribution in [0.4, 0.5) is 5.69 Å². The lowest BCUT2D eigenvalue weighted by atomic mass is 9.98. The highest BCUT2D eigenvalue weighted by Crippen LogP contribution is 2.27. The van der Waals surface area contributed by atoms with Crippen LogP contribution in [0.3, 0.4) is 0 Å². The van der Waals surface area contributed by atoms with E-state index in [1.54, 1.807) is 6.07 Å². The zero-order valence-corrected chi connectivity index (χ0v) is 8.85. The van der Waals surface area contributed by atoms with Gasteiger partial charge in [0.05, 0.1) is 4.92 Å². The number of nitro groups is 1. The van der Waals surface area contributed by atoms with Gasteiger partial charge in [0.15, 0.2) is 5.75 Å². The highest BCUT2D eigenvalue weighted by atomic mass is 16.6. The van der Waals surface area contributed by atoms with Crippen LogP contribution in [0.25, 0.3) is 0 Å². The lowest BCUT2D eigenvalue weighted by molar-refractivity contribution is -0.385. The fourth-order valence-electron chi connectivity index (χ4n) is 2.07. The maximum atomic E-state index is 10.5. The summed E-state index contributed by atoms with van der Waals surface area (Å²) in [7, 11) is 0. The van der Waals surface area contributed by atoms with Crippen LogP contribution in [-0.4, -0.2) is 23.1 Å². The van der Waals surface area contributed by atoms with Crippen molar-refractivity contribution in [1.29, 1.82) is 0 Å². The van der Waals surface area contributed by atoms with E-state index in [0.29, 0.717) is 5.92 Å². The van der Waals surface area contributed by atoms with Crippen LogP contribution < -0.4 is 5.32 Å². The van der Waals surface area contributed by atoms with Gasteiger partial charge in [0, 0.05) is 6.07 Å². The van der Waals surface area contributed by atoms with Crippen LogP contribution in [0, 0.1) is 16.0 Å². The van der Waals surface area contributed by atoms with E-state index >= 15 is 0 Å². The Balaban J connectivity index is 2.11. The van der Waals surface area contributed by atoms with Crippen molar-refractivity contribution in [2.45, 2.75) is 12.8 Å². The molecule has 1 atom stereocenters. The molecule has 86 valence electrons. The summed E-state index contributed by atoms with van der Waals surface area (Å²) in [6.45, 7) is 2.02. The monoisotopic (exact) mass is 222 g/mol. The van der Waals surface area contributed by atoms with Gasteiger partial charge in [0.2, 0.25) is 0 Å². The first kappa shape index (κ1) is 10.9. The molecule has 0 radical (unpaired) electrons. The first-order chi connectivity index (χ1) is 7.66. The molecule has 1 aromatic rings. The van der Waals surface area contributed by atoms with Crippen LogP contribution in [0.1, 0.15) is 12.0 Å². The fourth-order valence-corrected chi connectivity index (χ4v) is 2.07. The molecule has 0 spiro atoms. The Bertz CT molecular complexity index is 400. The topological polar surface area (TPSA) is 75.4 Å². The number of nitrogens with zero attached hydrogens (tertiary/aromatic N) is 1. The van der Waals surface area contributed by atoms with Crippen molar-refractivity contribution in [1.82, 2.24) is 5.32 Å². The minimum absolute atomic E-state index is 0.228. The van der Waals surface area contributed by atoms with Crippen molar-refractivity contribution in [3.8, 4) is 5.75 Å². The number of aromatic hydroxyl groups is 1. The van der Waals surface area contributed by atoms with Crippen LogP contribution in [0.2, 0.25) is 0 Å². The van der Waals surface area contributed by atoms with Crippen molar-refractivity contribution >= 4 is 5.69 Å². The molecule has 16 heavy (non-hydrogen) atoms. The average molecular weight is 222 g/mol. The third kappa shape index (κ3) is 2.30. The van der Waals surface area contributed by atoms with E-state index in [1.165, 1.54) is 12.1 Å². The largest absolute Gasteiger partial charge is 0.502 e. The Morgan fingerprint density at radius 3 is 2.94 bits per heavy atom. The molecular weight excluding hydrogens is 208 g/mol. The third-order valence-electron chi connectivity index (χ3n) is 2.92. The zero-order chi connectivity index (χ0) is 11.5. The Morgan fingerprint density at radius 1 is 1.56 bits per heavy atom. The van der Waals surface area contributed by atoms with E-state index in [1.807, 2.05) is 0 Å². The second-order valence-electron chi connectivity index (χ2n) is 4.14. The van der Waals surface area contributed by atoms with E-state index in [-0.39, 0.29) is 11.4 Å². The molecule has 0 aromatic heterocycles. The van der Waals surface area contributed by atoms with Gasteiger partial charge in [-0.05, 0) is 43.5 Å². The minimum atomic E-state index is -0.573. The van der Waals surface area contributed by atoms with Gasteiger partial charge in [0.1, 0.15) is 0 Å². The minimum Gasteiger partial charge on any atom is -0.502 e. The van der Waals surface area contributed by atoms with Crippen LogP contribution in [-0.2, 0) is 6.42 Å². The van der Waals surface area contributed by atoms with Gasteiger partial charge >= 0.3 is 5.69 Å². The molecule has 2 rings (SSSR count). The van der Waals surface area contributed by atoms with Crippen LogP contribution >= 0.6 is 0 Å². The quantitative estimate of drug-likeness (QED) is 0.599. The number of benzene rings is 1. The summed E-state index contributed by atoms with van der Waals surface area (Å²) in [5, 5.41) is 23.3. The Morgan fingerprint density at radius 2 is 2.38 bits per heavy atom. The van der Waals surface area contributed by atoms with E-state index in [9.17, 15) is 15.2 Å². The molecular formula is C11H14N2O3. The van der Waals surface area contributed by atoms with Crippen molar-refractivity contribution in [2.75, 3.05) is 13.1 Å². The van der Waals surface area contributed by atoms with Gasteiger partial charge in [0.25, 0.3) is 0 Å². The second-order valence-corrected chi connectivity index (χ2v) is 4.14. The predicted molar refractivity (Wildman–Crippen MR) is 59.4 cm³/mol. The molecule has 1 heterocycles. The number of rotatable bonds is 3. The highest BCUT2D eigenvalue weighted by molar-refractivity contribution is 5.47. The molecule has 1 aliphatic heterocycles. The van der Waals surface area contributed by atoms with Gasteiger partial charge in [-0.15, -0.1) is 0 Å². The summed E-state index contributed by atoms with van der Waals surface area (Å²) in [6, 6.07) is 4.58. The molecule has 1 aromatic carbocycles. The predicted octanol–water partition coefficient (Wildman–Crippen LogP) is 1.45. The lowest BCUT2D eigenvalue weighted by Crippen LogP contribution is -2.10.